The second kappa shape index (κ2) is 7.31. The second-order valence-corrected chi connectivity index (χ2v) is 4.99. The summed E-state index contributed by atoms with van der Waals surface area (Å²) in [5.74, 6) is 0.411. The Morgan fingerprint density at radius 2 is 2.05 bits per heavy atom. The Hall–Kier alpha value is -1.52. The van der Waals surface area contributed by atoms with Crippen molar-refractivity contribution in [1.29, 1.82) is 0 Å². The quantitative estimate of drug-likeness (QED) is 0.885. The largest absolute Gasteiger partial charge is 0.307 e. The van der Waals surface area contributed by atoms with Crippen molar-refractivity contribution in [3.63, 3.8) is 0 Å². The highest BCUT2D eigenvalue weighted by Crippen LogP contribution is 2.21. The van der Waals surface area contributed by atoms with Gasteiger partial charge in [-0.25, -0.2) is 14.4 Å². The minimum Gasteiger partial charge on any atom is -0.307 e. The van der Waals surface area contributed by atoms with Crippen LogP contribution < -0.4 is 5.32 Å². The number of rotatable bonds is 6. The van der Waals surface area contributed by atoms with E-state index in [1.54, 1.807) is 30.6 Å². The Bertz CT molecular complexity index is 548. The van der Waals surface area contributed by atoms with Crippen molar-refractivity contribution in [2.45, 2.75) is 25.8 Å². The summed E-state index contributed by atoms with van der Waals surface area (Å²) in [4.78, 5) is 8.50. The molecule has 2 rings (SSSR count). The van der Waals surface area contributed by atoms with Crippen LogP contribution in [0.25, 0.3) is 0 Å². The lowest BCUT2D eigenvalue weighted by molar-refractivity contribution is 0.492. The maximum absolute atomic E-state index is 13.8. The van der Waals surface area contributed by atoms with Crippen LogP contribution >= 0.6 is 11.6 Å². The van der Waals surface area contributed by atoms with Gasteiger partial charge in [-0.05, 0) is 49.2 Å². The van der Waals surface area contributed by atoms with Gasteiger partial charge >= 0.3 is 0 Å². The summed E-state index contributed by atoms with van der Waals surface area (Å²) in [6.07, 6.45) is 4.84. The molecule has 1 aromatic carbocycles. The van der Waals surface area contributed by atoms with E-state index in [1.165, 1.54) is 6.07 Å². The SMILES string of the molecule is CCCNC(Cc1cc(Cl)ccc1F)c1ncccn1. The Labute approximate surface area is 123 Å². The molecule has 3 nitrogen and oxygen atoms in total. The molecular weight excluding hydrogens is 277 g/mol. The van der Waals surface area contributed by atoms with Crippen molar-refractivity contribution >= 4 is 11.6 Å². The van der Waals surface area contributed by atoms with Gasteiger partial charge in [-0.15, -0.1) is 0 Å². The highest BCUT2D eigenvalue weighted by molar-refractivity contribution is 6.30. The number of hydrogen-bond acceptors (Lipinski definition) is 3. The van der Waals surface area contributed by atoms with Gasteiger partial charge in [0.2, 0.25) is 0 Å². The van der Waals surface area contributed by atoms with Crippen LogP contribution in [0.2, 0.25) is 5.02 Å². The molecule has 0 bridgehead atoms. The van der Waals surface area contributed by atoms with Gasteiger partial charge in [0, 0.05) is 17.4 Å². The van der Waals surface area contributed by atoms with Gasteiger partial charge in [0.1, 0.15) is 11.6 Å². The summed E-state index contributed by atoms with van der Waals surface area (Å²) in [5.41, 5.74) is 0.568. The molecule has 20 heavy (non-hydrogen) atoms. The van der Waals surface area contributed by atoms with Crippen LogP contribution in [-0.2, 0) is 6.42 Å². The van der Waals surface area contributed by atoms with Crippen LogP contribution in [0, 0.1) is 5.82 Å². The molecule has 0 aliphatic carbocycles. The van der Waals surface area contributed by atoms with Crippen molar-refractivity contribution in [3.8, 4) is 0 Å². The number of hydrogen-bond donors (Lipinski definition) is 1. The fourth-order valence-corrected chi connectivity index (χ4v) is 2.18. The fourth-order valence-electron chi connectivity index (χ4n) is 1.98. The molecule has 1 atom stereocenters. The van der Waals surface area contributed by atoms with E-state index in [4.69, 9.17) is 11.6 Å². The first-order valence-electron chi connectivity index (χ1n) is 6.65. The van der Waals surface area contributed by atoms with E-state index in [0.29, 0.717) is 22.8 Å². The van der Waals surface area contributed by atoms with Crippen molar-refractivity contribution < 1.29 is 4.39 Å². The van der Waals surface area contributed by atoms with Crippen LogP contribution in [0.4, 0.5) is 4.39 Å². The molecule has 0 amide bonds. The molecule has 0 spiro atoms. The zero-order valence-electron chi connectivity index (χ0n) is 11.3. The first kappa shape index (κ1) is 14.9. The molecule has 5 heteroatoms. The lowest BCUT2D eigenvalue weighted by atomic mass is 10.0. The Balaban J connectivity index is 2.21. The molecule has 0 aliphatic heterocycles. The number of nitrogens with one attached hydrogen (secondary N) is 1. The van der Waals surface area contributed by atoms with Crippen LogP contribution in [0.15, 0.2) is 36.7 Å². The number of aromatic nitrogens is 2. The first-order valence-corrected chi connectivity index (χ1v) is 7.02. The van der Waals surface area contributed by atoms with E-state index in [2.05, 4.69) is 22.2 Å². The zero-order chi connectivity index (χ0) is 14.4. The molecule has 0 saturated carbocycles. The van der Waals surface area contributed by atoms with Gasteiger partial charge < -0.3 is 5.32 Å². The van der Waals surface area contributed by atoms with Crippen molar-refractivity contribution in [2.24, 2.45) is 0 Å². The summed E-state index contributed by atoms with van der Waals surface area (Å²) < 4.78 is 13.8. The second-order valence-electron chi connectivity index (χ2n) is 4.55. The van der Waals surface area contributed by atoms with Gasteiger partial charge in [0.25, 0.3) is 0 Å². The van der Waals surface area contributed by atoms with E-state index in [0.717, 1.165) is 13.0 Å². The average molecular weight is 294 g/mol. The zero-order valence-corrected chi connectivity index (χ0v) is 12.1. The number of halogens is 2. The smallest absolute Gasteiger partial charge is 0.145 e. The third-order valence-corrected chi connectivity index (χ3v) is 3.21. The monoisotopic (exact) mass is 293 g/mol. The first-order chi connectivity index (χ1) is 9.70. The average Bonchev–Trinajstić information content (AvgIpc) is 2.48. The molecule has 1 aromatic heterocycles. The Morgan fingerprint density at radius 3 is 2.75 bits per heavy atom. The minimum atomic E-state index is -0.256. The van der Waals surface area contributed by atoms with Crippen LogP contribution in [-0.4, -0.2) is 16.5 Å². The number of benzene rings is 1. The van der Waals surface area contributed by atoms with Gasteiger partial charge in [-0.3, -0.25) is 0 Å². The maximum Gasteiger partial charge on any atom is 0.145 e. The summed E-state index contributed by atoms with van der Waals surface area (Å²) in [7, 11) is 0. The number of nitrogens with zero attached hydrogens (tertiary/aromatic N) is 2. The summed E-state index contributed by atoms with van der Waals surface area (Å²) >= 11 is 5.93. The lowest BCUT2D eigenvalue weighted by Gasteiger charge is -2.17. The summed E-state index contributed by atoms with van der Waals surface area (Å²) in [6.45, 7) is 2.90. The third-order valence-electron chi connectivity index (χ3n) is 2.97. The van der Waals surface area contributed by atoms with Crippen molar-refractivity contribution in [2.75, 3.05) is 6.54 Å². The standard InChI is InChI=1S/C15H17ClFN3/c1-2-6-18-14(15-19-7-3-8-20-15)10-11-9-12(16)4-5-13(11)17/h3-5,7-9,14,18H,2,6,10H2,1H3. The molecule has 0 fully saturated rings. The van der Waals surface area contributed by atoms with Crippen molar-refractivity contribution in [1.82, 2.24) is 15.3 Å². The molecule has 1 unspecified atom stereocenters. The third kappa shape index (κ3) is 3.99. The highest BCUT2D eigenvalue weighted by atomic mass is 35.5. The van der Waals surface area contributed by atoms with E-state index >= 15 is 0 Å². The predicted molar refractivity (Wildman–Crippen MR) is 78.2 cm³/mol. The molecule has 1 N–H and O–H groups in total. The van der Waals surface area contributed by atoms with Crippen LogP contribution in [0.5, 0.6) is 0 Å². The van der Waals surface area contributed by atoms with Gasteiger partial charge in [0.05, 0.1) is 6.04 Å². The van der Waals surface area contributed by atoms with Crippen LogP contribution in [0.1, 0.15) is 30.8 Å². The van der Waals surface area contributed by atoms with E-state index < -0.39 is 0 Å². The van der Waals surface area contributed by atoms with Gasteiger partial charge in [-0.1, -0.05) is 18.5 Å². The predicted octanol–water partition coefficient (Wildman–Crippen LogP) is 3.55. The molecular formula is C15H17ClFN3. The molecule has 0 radical (unpaired) electrons. The van der Waals surface area contributed by atoms with E-state index in [-0.39, 0.29) is 11.9 Å². The summed E-state index contributed by atoms with van der Waals surface area (Å²) in [5, 5.41) is 3.88. The molecule has 106 valence electrons. The normalized spacial score (nSPS) is 12.3. The molecule has 0 saturated heterocycles. The topological polar surface area (TPSA) is 37.8 Å². The Morgan fingerprint density at radius 1 is 1.30 bits per heavy atom. The molecule has 1 heterocycles. The van der Waals surface area contributed by atoms with E-state index in [1.807, 2.05) is 0 Å². The van der Waals surface area contributed by atoms with Gasteiger partial charge in [0.15, 0.2) is 0 Å². The fraction of sp³-hybridized carbons (Fsp3) is 0.333. The summed E-state index contributed by atoms with van der Waals surface area (Å²) in [6, 6.07) is 6.24. The molecule has 0 aliphatic rings. The molecule has 2 aromatic rings. The Kier molecular flexibility index (Phi) is 5.44. The highest BCUT2D eigenvalue weighted by Gasteiger charge is 2.16. The van der Waals surface area contributed by atoms with Crippen LogP contribution in [0.3, 0.4) is 0 Å². The minimum absolute atomic E-state index is 0.121. The van der Waals surface area contributed by atoms with E-state index in [9.17, 15) is 4.39 Å². The lowest BCUT2D eigenvalue weighted by Crippen LogP contribution is -2.26. The van der Waals surface area contributed by atoms with Crippen molar-refractivity contribution in [3.05, 3.63) is 58.9 Å². The van der Waals surface area contributed by atoms with Gasteiger partial charge in [-0.2, -0.15) is 0 Å². The maximum atomic E-state index is 13.8.